The molecule has 9 atom stereocenters. The molecule has 6 aliphatic rings. The third-order valence-electron chi connectivity index (χ3n) is 16.6. The number of likely N-dealkylation sites (tertiary alicyclic amines) is 1. The molecule has 6 nitrogen and oxygen atoms in total. The SMILES string of the molecule is C=C(C)[C@@H]1CC[C@]2(NCCN3CCC(S(C)(=O)=O)CC3)CC[C@]3(C)[C@H](CC[C@@H]4[C@@]5(C)CC=C(C=C/C=C/C(=O)OC)C(C)(C)[C@@H]5CC[C@]43C)[C@@H]12. The van der Waals surface area contributed by atoms with Gasteiger partial charge in [-0.05, 0) is 147 Å². The molecule has 1 saturated heterocycles. The maximum atomic E-state index is 12.1. The van der Waals surface area contributed by atoms with Crippen LogP contribution in [0.15, 0.2) is 48.1 Å². The summed E-state index contributed by atoms with van der Waals surface area (Å²) in [5.74, 6) is 2.94. The van der Waals surface area contributed by atoms with Gasteiger partial charge in [-0.3, -0.25) is 0 Å². The number of piperidine rings is 1. The van der Waals surface area contributed by atoms with Gasteiger partial charge < -0.3 is 15.0 Å². The van der Waals surface area contributed by atoms with Crippen molar-refractivity contribution >= 4 is 15.8 Å². The van der Waals surface area contributed by atoms with Gasteiger partial charge >= 0.3 is 5.97 Å². The van der Waals surface area contributed by atoms with Crippen LogP contribution in [0.2, 0.25) is 0 Å². The summed E-state index contributed by atoms with van der Waals surface area (Å²) in [6.07, 6.45) is 24.4. The number of methoxy groups -OCH3 is 1. The van der Waals surface area contributed by atoms with Crippen molar-refractivity contribution in [3.8, 4) is 0 Å². The van der Waals surface area contributed by atoms with E-state index in [1.807, 2.05) is 6.08 Å². The molecule has 4 saturated carbocycles. The number of ether oxygens (including phenoxy) is 1. The number of hydrogen-bond donors (Lipinski definition) is 1. The highest BCUT2D eigenvalue weighted by Crippen LogP contribution is 2.76. The first-order chi connectivity index (χ1) is 23.4. The first-order valence-electron chi connectivity index (χ1n) is 19.9. The van der Waals surface area contributed by atoms with E-state index in [9.17, 15) is 13.2 Å². The average molecular weight is 709 g/mol. The Morgan fingerprint density at radius 2 is 1.68 bits per heavy atom. The zero-order valence-corrected chi connectivity index (χ0v) is 33.5. The fourth-order valence-corrected chi connectivity index (χ4v) is 14.8. The minimum absolute atomic E-state index is 0.0733. The van der Waals surface area contributed by atoms with Crippen molar-refractivity contribution in [2.24, 2.45) is 51.2 Å². The lowest BCUT2D eigenvalue weighted by Crippen LogP contribution is -2.68. The minimum atomic E-state index is -2.94. The van der Waals surface area contributed by atoms with Crippen LogP contribution in [0.4, 0.5) is 0 Å². The molecular formula is C43H68N2O4S. The van der Waals surface area contributed by atoms with Crippen LogP contribution in [0.3, 0.4) is 0 Å². The first-order valence-corrected chi connectivity index (χ1v) is 21.8. The van der Waals surface area contributed by atoms with E-state index < -0.39 is 9.84 Å². The van der Waals surface area contributed by atoms with Crippen molar-refractivity contribution in [1.82, 2.24) is 10.2 Å². The van der Waals surface area contributed by atoms with Crippen molar-refractivity contribution in [3.05, 3.63) is 48.1 Å². The molecular weight excluding hydrogens is 641 g/mol. The van der Waals surface area contributed by atoms with Gasteiger partial charge in [-0.2, -0.15) is 0 Å². The summed E-state index contributed by atoms with van der Waals surface area (Å²) in [4.78, 5) is 14.1. The van der Waals surface area contributed by atoms with E-state index in [0.717, 1.165) is 45.4 Å². The molecule has 0 amide bonds. The topological polar surface area (TPSA) is 75.7 Å². The van der Waals surface area contributed by atoms with Gasteiger partial charge in [0.2, 0.25) is 0 Å². The van der Waals surface area contributed by atoms with E-state index in [-0.39, 0.29) is 27.6 Å². The van der Waals surface area contributed by atoms with Crippen molar-refractivity contribution in [1.29, 1.82) is 0 Å². The normalized spacial score (nSPS) is 42.0. The van der Waals surface area contributed by atoms with E-state index in [1.54, 1.807) is 6.08 Å². The van der Waals surface area contributed by atoms with Crippen molar-refractivity contribution in [3.63, 3.8) is 0 Å². The molecule has 0 radical (unpaired) electrons. The lowest BCUT2D eigenvalue weighted by Gasteiger charge is -2.72. The molecule has 0 spiro atoms. The molecule has 0 bridgehead atoms. The third kappa shape index (κ3) is 6.25. The van der Waals surface area contributed by atoms with Crippen molar-refractivity contribution in [2.75, 3.05) is 39.5 Å². The molecule has 1 heterocycles. The molecule has 1 N–H and O–H groups in total. The van der Waals surface area contributed by atoms with E-state index in [2.05, 4.69) is 70.5 Å². The molecule has 280 valence electrons. The molecule has 5 fully saturated rings. The van der Waals surface area contributed by atoms with Gasteiger partial charge in [0.15, 0.2) is 0 Å². The van der Waals surface area contributed by atoms with Crippen LogP contribution in [0.25, 0.3) is 0 Å². The van der Waals surface area contributed by atoms with Gasteiger partial charge in [-0.25, -0.2) is 13.2 Å². The van der Waals surface area contributed by atoms with Gasteiger partial charge in [-0.15, -0.1) is 0 Å². The van der Waals surface area contributed by atoms with Crippen LogP contribution in [0.1, 0.15) is 112 Å². The molecule has 7 heteroatoms. The number of esters is 1. The molecule has 50 heavy (non-hydrogen) atoms. The number of rotatable bonds is 9. The number of carbonyl (C=O) groups excluding carboxylic acids is 1. The summed E-state index contributed by atoms with van der Waals surface area (Å²) < 4.78 is 29.0. The van der Waals surface area contributed by atoms with Crippen LogP contribution in [0, 0.1) is 51.2 Å². The predicted octanol–water partition coefficient (Wildman–Crippen LogP) is 8.32. The minimum Gasteiger partial charge on any atom is -0.466 e. The maximum absolute atomic E-state index is 12.1. The number of sulfone groups is 1. The summed E-state index contributed by atoms with van der Waals surface area (Å²) in [5.41, 5.74) is 3.92. The number of carbonyl (C=O) groups is 1. The average Bonchev–Trinajstić information content (AvgIpc) is 3.44. The summed E-state index contributed by atoms with van der Waals surface area (Å²) in [6, 6.07) is 0. The van der Waals surface area contributed by atoms with Crippen LogP contribution in [-0.2, 0) is 19.4 Å². The lowest BCUT2D eigenvalue weighted by atomic mass is 9.33. The Morgan fingerprint density at radius 1 is 0.960 bits per heavy atom. The van der Waals surface area contributed by atoms with Gasteiger partial charge in [0.1, 0.15) is 9.84 Å². The Morgan fingerprint density at radius 3 is 2.34 bits per heavy atom. The Bertz CT molecular complexity index is 1520. The second-order valence-corrected chi connectivity index (χ2v) is 21.3. The second kappa shape index (κ2) is 13.6. The highest BCUT2D eigenvalue weighted by atomic mass is 32.2. The lowest BCUT2D eigenvalue weighted by molar-refractivity contribution is -0.221. The zero-order chi connectivity index (χ0) is 36.3. The fraction of sp³-hybridized carbons (Fsp3) is 0.791. The van der Waals surface area contributed by atoms with E-state index in [1.165, 1.54) is 82.0 Å². The number of nitrogens with one attached hydrogen (secondary N) is 1. The van der Waals surface area contributed by atoms with Gasteiger partial charge in [0, 0.05) is 31.0 Å². The Balaban J connectivity index is 1.21. The highest BCUT2D eigenvalue weighted by Gasteiger charge is 2.70. The van der Waals surface area contributed by atoms with Crippen LogP contribution in [0.5, 0.6) is 0 Å². The number of hydrogen-bond acceptors (Lipinski definition) is 6. The van der Waals surface area contributed by atoms with E-state index >= 15 is 0 Å². The molecule has 0 aromatic rings. The summed E-state index contributed by atoms with van der Waals surface area (Å²) in [5, 5.41) is 4.09. The number of allylic oxidation sites excluding steroid dienone is 6. The Hall–Kier alpha value is -1.70. The molecule has 6 rings (SSSR count). The smallest absolute Gasteiger partial charge is 0.330 e. The monoisotopic (exact) mass is 708 g/mol. The quantitative estimate of drug-likeness (QED) is 0.112. The zero-order valence-electron chi connectivity index (χ0n) is 32.7. The van der Waals surface area contributed by atoms with Crippen LogP contribution >= 0.6 is 0 Å². The first kappa shape index (κ1) is 38.0. The number of nitrogens with zero attached hydrogens (tertiary/aromatic N) is 1. The highest BCUT2D eigenvalue weighted by molar-refractivity contribution is 7.91. The van der Waals surface area contributed by atoms with Crippen molar-refractivity contribution in [2.45, 2.75) is 123 Å². The molecule has 5 aliphatic carbocycles. The fourth-order valence-electron chi connectivity index (χ4n) is 13.7. The number of fused-ring (bicyclic) bond motifs is 7. The van der Waals surface area contributed by atoms with Crippen LogP contribution < -0.4 is 5.32 Å². The molecule has 0 unspecified atom stereocenters. The molecule has 0 aromatic heterocycles. The molecule has 1 aliphatic heterocycles. The van der Waals surface area contributed by atoms with E-state index in [0.29, 0.717) is 40.4 Å². The Labute approximate surface area is 304 Å². The molecule has 0 aromatic carbocycles. The summed E-state index contributed by atoms with van der Waals surface area (Å²) in [6.45, 7) is 23.7. The second-order valence-electron chi connectivity index (χ2n) is 19.0. The van der Waals surface area contributed by atoms with E-state index in [4.69, 9.17) is 4.74 Å². The van der Waals surface area contributed by atoms with Gasteiger partial charge in [0.25, 0.3) is 0 Å². The maximum Gasteiger partial charge on any atom is 0.330 e. The van der Waals surface area contributed by atoms with Crippen molar-refractivity contribution < 1.29 is 17.9 Å². The summed E-state index contributed by atoms with van der Waals surface area (Å²) >= 11 is 0. The Kier molecular flexibility index (Phi) is 10.4. The van der Waals surface area contributed by atoms with Crippen LogP contribution in [-0.4, -0.2) is 69.6 Å². The predicted molar refractivity (Wildman–Crippen MR) is 205 cm³/mol. The van der Waals surface area contributed by atoms with Gasteiger partial charge in [-0.1, -0.05) is 71.1 Å². The van der Waals surface area contributed by atoms with Gasteiger partial charge in [0.05, 0.1) is 12.4 Å². The third-order valence-corrected chi connectivity index (χ3v) is 18.3. The largest absolute Gasteiger partial charge is 0.466 e. The summed E-state index contributed by atoms with van der Waals surface area (Å²) in [7, 11) is -1.53. The standard InChI is InChI=1S/C43H68N2O4S/c1-30(2)33-17-23-43(44-26-29-45-27-19-32(20-28-45)50(9,47)48)25-24-41(6)34(38(33)43)14-15-36-40(5)21-16-31(12-10-11-13-37(46)49-8)39(3,4)35(40)18-22-42(36,41)7/h10-13,16,32-36,38,44H,1,14-15,17-29H2,2-9H3/b12-10?,13-11+/t33-,34+,35-,36+,38+,40-,41+,42+,43-/m0/s1.